The maximum absolute atomic E-state index is 6.09. The Hall–Kier alpha value is -1.48. The molecule has 0 spiro atoms. The highest BCUT2D eigenvalue weighted by molar-refractivity contribution is 7.99. The number of aryl methyl sites for hydroxylation is 2. The average Bonchev–Trinajstić information content (AvgIpc) is 2.78. The van der Waals surface area contributed by atoms with Crippen LogP contribution < -0.4 is 5.73 Å². The van der Waals surface area contributed by atoms with Crippen molar-refractivity contribution in [3.63, 3.8) is 0 Å². The van der Waals surface area contributed by atoms with Crippen LogP contribution in [0.15, 0.2) is 46.5 Å². The van der Waals surface area contributed by atoms with Gasteiger partial charge in [-0.1, -0.05) is 17.8 Å². The quantitative estimate of drug-likeness (QED) is 0.821. The smallest absolute Gasteiger partial charge is 0.101 e. The van der Waals surface area contributed by atoms with E-state index in [9.17, 15) is 0 Å². The molecule has 0 saturated heterocycles. The largest absolute Gasteiger partial charge is 0.398 e. The van der Waals surface area contributed by atoms with Crippen molar-refractivity contribution < 1.29 is 0 Å². The van der Waals surface area contributed by atoms with Crippen molar-refractivity contribution in [2.75, 3.05) is 5.73 Å². The van der Waals surface area contributed by atoms with Crippen molar-refractivity contribution in [1.82, 2.24) is 4.98 Å². The Morgan fingerprint density at radius 1 is 1.12 bits per heavy atom. The predicted octanol–water partition coefficient (Wildman–Crippen LogP) is 3.30. The number of nitrogen functional groups attached to an aromatic ring is 1. The molecule has 1 aromatic carbocycles. The van der Waals surface area contributed by atoms with E-state index in [0.29, 0.717) is 0 Å². The number of anilines is 1. The first kappa shape index (κ1) is 10.7. The van der Waals surface area contributed by atoms with E-state index >= 15 is 0 Å². The predicted molar refractivity (Wildman–Crippen MR) is 71.2 cm³/mol. The van der Waals surface area contributed by atoms with Crippen LogP contribution in [-0.4, -0.2) is 4.98 Å². The molecule has 3 rings (SSSR count). The van der Waals surface area contributed by atoms with Gasteiger partial charge in [-0.15, -0.1) is 0 Å². The lowest BCUT2D eigenvalue weighted by Gasteiger charge is -2.08. The zero-order valence-corrected chi connectivity index (χ0v) is 10.3. The molecule has 1 heterocycles. The molecule has 17 heavy (non-hydrogen) atoms. The monoisotopic (exact) mass is 242 g/mol. The van der Waals surface area contributed by atoms with Crippen LogP contribution >= 0.6 is 11.8 Å². The summed E-state index contributed by atoms with van der Waals surface area (Å²) in [7, 11) is 0. The molecule has 2 N–H and O–H groups in total. The number of nitrogens with zero attached hydrogens (tertiary/aromatic N) is 1. The first-order valence-electron chi connectivity index (χ1n) is 5.83. The average molecular weight is 242 g/mol. The summed E-state index contributed by atoms with van der Waals surface area (Å²) in [5.41, 5.74) is 9.85. The Labute approximate surface area is 105 Å². The Morgan fingerprint density at radius 3 is 2.71 bits per heavy atom. The molecular formula is C14H14N2S. The van der Waals surface area contributed by atoms with E-state index in [2.05, 4.69) is 17.1 Å². The molecular weight excluding hydrogens is 228 g/mol. The van der Waals surface area contributed by atoms with Crippen molar-refractivity contribution in [3.05, 3.63) is 47.7 Å². The van der Waals surface area contributed by atoms with Gasteiger partial charge >= 0.3 is 0 Å². The highest BCUT2D eigenvalue weighted by Crippen LogP contribution is 2.35. The van der Waals surface area contributed by atoms with Crippen LogP contribution in [-0.2, 0) is 12.8 Å². The van der Waals surface area contributed by atoms with Gasteiger partial charge < -0.3 is 5.73 Å². The van der Waals surface area contributed by atoms with Gasteiger partial charge in [0.1, 0.15) is 5.03 Å². The highest BCUT2D eigenvalue weighted by atomic mass is 32.2. The Morgan fingerprint density at radius 2 is 1.94 bits per heavy atom. The third-order valence-corrected chi connectivity index (χ3v) is 4.10. The fourth-order valence-electron chi connectivity index (χ4n) is 2.23. The lowest BCUT2D eigenvalue weighted by molar-refractivity contribution is 0.911. The fourth-order valence-corrected chi connectivity index (χ4v) is 3.09. The van der Waals surface area contributed by atoms with E-state index in [1.54, 1.807) is 11.8 Å². The molecule has 86 valence electrons. The Bertz CT molecular complexity index is 537. The molecule has 0 radical (unpaired) electrons. The first-order valence-corrected chi connectivity index (χ1v) is 6.65. The van der Waals surface area contributed by atoms with Crippen molar-refractivity contribution in [2.24, 2.45) is 0 Å². The number of aromatic nitrogens is 1. The van der Waals surface area contributed by atoms with Crippen LogP contribution in [0.2, 0.25) is 0 Å². The van der Waals surface area contributed by atoms with E-state index in [4.69, 9.17) is 5.73 Å². The molecule has 0 unspecified atom stereocenters. The zero-order chi connectivity index (χ0) is 11.7. The number of fused-ring (bicyclic) bond motifs is 1. The lowest BCUT2D eigenvalue weighted by atomic mass is 10.1. The van der Waals surface area contributed by atoms with Crippen LogP contribution in [0.5, 0.6) is 0 Å². The van der Waals surface area contributed by atoms with E-state index in [1.165, 1.54) is 30.4 Å². The number of hydrogen-bond acceptors (Lipinski definition) is 3. The molecule has 0 saturated carbocycles. The van der Waals surface area contributed by atoms with Crippen LogP contribution in [0.3, 0.4) is 0 Å². The van der Waals surface area contributed by atoms with Crippen LogP contribution in [0.25, 0.3) is 0 Å². The molecule has 0 fully saturated rings. The minimum atomic E-state index is 0.876. The molecule has 3 heteroatoms. The SMILES string of the molecule is Nc1cc2c(cc1Sc1ccccn1)CCC2. The summed E-state index contributed by atoms with van der Waals surface area (Å²) >= 11 is 1.64. The van der Waals surface area contributed by atoms with Gasteiger partial charge in [0.25, 0.3) is 0 Å². The van der Waals surface area contributed by atoms with Crippen molar-refractivity contribution in [3.8, 4) is 0 Å². The Balaban J connectivity index is 1.93. The summed E-state index contributed by atoms with van der Waals surface area (Å²) in [6.45, 7) is 0. The van der Waals surface area contributed by atoms with E-state index in [0.717, 1.165) is 15.6 Å². The number of rotatable bonds is 2. The molecule has 2 nitrogen and oxygen atoms in total. The molecule has 0 amide bonds. The molecule has 0 bridgehead atoms. The van der Waals surface area contributed by atoms with Gasteiger partial charge in [0, 0.05) is 16.8 Å². The van der Waals surface area contributed by atoms with Gasteiger partial charge in [0.15, 0.2) is 0 Å². The van der Waals surface area contributed by atoms with Crippen molar-refractivity contribution >= 4 is 17.4 Å². The van der Waals surface area contributed by atoms with Gasteiger partial charge in [-0.2, -0.15) is 0 Å². The van der Waals surface area contributed by atoms with Gasteiger partial charge in [0.2, 0.25) is 0 Å². The minimum Gasteiger partial charge on any atom is -0.398 e. The molecule has 0 aliphatic heterocycles. The summed E-state index contributed by atoms with van der Waals surface area (Å²) in [5.74, 6) is 0. The number of pyridine rings is 1. The molecule has 1 aromatic heterocycles. The van der Waals surface area contributed by atoms with Gasteiger partial charge in [0.05, 0.1) is 0 Å². The Kier molecular flexibility index (Phi) is 2.77. The standard InChI is InChI=1S/C14H14N2S/c15-12-8-10-4-3-5-11(10)9-13(12)17-14-6-1-2-7-16-14/h1-2,6-9H,3-5,15H2. The summed E-state index contributed by atoms with van der Waals surface area (Å²) in [4.78, 5) is 5.45. The second-order valence-corrected chi connectivity index (χ2v) is 5.34. The van der Waals surface area contributed by atoms with Crippen LogP contribution in [0.4, 0.5) is 5.69 Å². The molecule has 0 atom stereocenters. The third kappa shape index (κ3) is 2.15. The third-order valence-electron chi connectivity index (χ3n) is 3.08. The van der Waals surface area contributed by atoms with Crippen LogP contribution in [0.1, 0.15) is 17.5 Å². The summed E-state index contributed by atoms with van der Waals surface area (Å²) in [5, 5.41) is 0.997. The van der Waals surface area contributed by atoms with Crippen molar-refractivity contribution in [1.29, 1.82) is 0 Å². The lowest BCUT2D eigenvalue weighted by Crippen LogP contribution is -1.93. The van der Waals surface area contributed by atoms with Gasteiger partial charge in [-0.05, 0) is 54.7 Å². The molecule has 1 aliphatic rings. The molecule has 2 aromatic rings. The summed E-state index contributed by atoms with van der Waals surface area (Å²) in [6, 6.07) is 10.3. The van der Waals surface area contributed by atoms with Crippen molar-refractivity contribution in [2.45, 2.75) is 29.2 Å². The number of benzene rings is 1. The molecule has 1 aliphatic carbocycles. The minimum absolute atomic E-state index is 0.876. The maximum atomic E-state index is 6.09. The topological polar surface area (TPSA) is 38.9 Å². The second kappa shape index (κ2) is 4.41. The zero-order valence-electron chi connectivity index (χ0n) is 9.52. The first-order chi connectivity index (χ1) is 8.33. The highest BCUT2D eigenvalue weighted by Gasteiger charge is 2.14. The summed E-state index contributed by atoms with van der Waals surface area (Å²) < 4.78 is 0. The van der Waals surface area contributed by atoms with Gasteiger partial charge in [-0.25, -0.2) is 4.98 Å². The van der Waals surface area contributed by atoms with E-state index < -0.39 is 0 Å². The van der Waals surface area contributed by atoms with Gasteiger partial charge in [-0.3, -0.25) is 0 Å². The number of nitrogens with two attached hydrogens (primary N) is 1. The fraction of sp³-hybridized carbons (Fsp3) is 0.214. The normalized spacial score (nSPS) is 13.6. The van der Waals surface area contributed by atoms with E-state index in [1.807, 2.05) is 24.4 Å². The second-order valence-electron chi connectivity index (χ2n) is 4.28. The van der Waals surface area contributed by atoms with E-state index in [-0.39, 0.29) is 0 Å². The van der Waals surface area contributed by atoms with Crippen LogP contribution in [0, 0.1) is 0 Å². The summed E-state index contributed by atoms with van der Waals surface area (Å²) in [6.07, 6.45) is 5.43. The number of hydrogen-bond donors (Lipinski definition) is 1. The maximum Gasteiger partial charge on any atom is 0.101 e.